The molecular weight excluding hydrogens is 290 g/mol. The van der Waals surface area contributed by atoms with E-state index in [1.54, 1.807) is 6.92 Å². The van der Waals surface area contributed by atoms with Crippen LogP contribution in [0.4, 0.5) is 0 Å². The summed E-state index contributed by atoms with van der Waals surface area (Å²) in [6, 6.07) is 19.3. The second-order valence-electron chi connectivity index (χ2n) is 5.36. The van der Waals surface area contributed by atoms with Gasteiger partial charge in [-0.05, 0) is 24.5 Å². The summed E-state index contributed by atoms with van der Waals surface area (Å²) in [5, 5.41) is 13.6. The molecule has 0 heterocycles. The molecule has 2 N–H and O–H groups in total. The highest BCUT2D eigenvalue weighted by Crippen LogP contribution is 2.09. The van der Waals surface area contributed by atoms with E-state index in [1.807, 2.05) is 60.7 Å². The minimum atomic E-state index is -1.20. The number of ether oxygens (including phenoxy) is 1. The molecule has 0 aliphatic heterocycles. The molecule has 0 aliphatic rings. The zero-order chi connectivity index (χ0) is 16.5. The molecule has 0 saturated heterocycles. The van der Waals surface area contributed by atoms with Gasteiger partial charge in [-0.3, -0.25) is 0 Å². The lowest BCUT2D eigenvalue weighted by molar-refractivity contribution is -0.154. The SMILES string of the molecule is CCOC(=O)C(O)C(Cc1ccccc1)NCc1ccccc1. The van der Waals surface area contributed by atoms with Gasteiger partial charge in [0.2, 0.25) is 0 Å². The maximum absolute atomic E-state index is 11.9. The maximum Gasteiger partial charge on any atom is 0.336 e. The molecule has 122 valence electrons. The molecule has 4 heteroatoms. The molecule has 2 atom stereocenters. The van der Waals surface area contributed by atoms with Gasteiger partial charge in [-0.25, -0.2) is 4.79 Å². The number of aliphatic hydroxyl groups is 1. The summed E-state index contributed by atoms with van der Waals surface area (Å²) in [5.74, 6) is -0.589. The highest BCUT2D eigenvalue weighted by Gasteiger charge is 2.27. The number of esters is 1. The van der Waals surface area contributed by atoms with Gasteiger partial charge in [0.25, 0.3) is 0 Å². The van der Waals surface area contributed by atoms with Crippen molar-refractivity contribution >= 4 is 5.97 Å². The standard InChI is InChI=1S/C19H23NO3/c1-2-23-19(22)18(21)17(13-15-9-5-3-6-10-15)20-14-16-11-7-4-8-12-16/h3-12,17-18,20-21H,2,13-14H2,1H3. The number of hydrogen-bond acceptors (Lipinski definition) is 4. The Morgan fingerprint density at radius 3 is 2.17 bits per heavy atom. The Hall–Kier alpha value is -2.17. The second-order valence-corrected chi connectivity index (χ2v) is 5.36. The van der Waals surface area contributed by atoms with Crippen LogP contribution in [-0.2, 0) is 22.5 Å². The summed E-state index contributed by atoms with van der Waals surface area (Å²) in [6.07, 6.45) is -0.646. The van der Waals surface area contributed by atoms with Gasteiger partial charge in [0.05, 0.1) is 6.61 Å². The molecule has 0 amide bonds. The molecule has 0 fully saturated rings. The molecule has 0 radical (unpaired) electrons. The summed E-state index contributed by atoms with van der Waals surface area (Å²) >= 11 is 0. The van der Waals surface area contributed by atoms with Crippen molar-refractivity contribution in [3.63, 3.8) is 0 Å². The predicted molar refractivity (Wildman–Crippen MR) is 89.9 cm³/mol. The minimum absolute atomic E-state index is 0.257. The van der Waals surface area contributed by atoms with Crippen LogP contribution in [0.25, 0.3) is 0 Å². The van der Waals surface area contributed by atoms with Crippen LogP contribution in [0, 0.1) is 0 Å². The lowest BCUT2D eigenvalue weighted by atomic mass is 10.0. The molecule has 4 nitrogen and oxygen atoms in total. The first-order valence-electron chi connectivity index (χ1n) is 7.86. The molecule has 0 spiro atoms. The second kappa shape index (κ2) is 9.08. The van der Waals surface area contributed by atoms with Crippen LogP contribution in [-0.4, -0.2) is 29.8 Å². The van der Waals surface area contributed by atoms with Gasteiger partial charge < -0.3 is 15.2 Å². The molecule has 2 rings (SSSR count). The van der Waals surface area contributed by atoms with Crippen molar-refractivity contribution in [3.05, 3.63) is 71.8 Å². The van der Waals surface area contributed by atoms with Crippen molar-refractivity contribution < 1.29 is 14.6 Å². The highest BCUT2D eigenvalue weighted by atomic mass is 16.5. The van der Waals surface area contributed by atoms with Gasteiger partial charge in [-0.2, -0.15) is 0 Å². The third-order valence-corrected chi connectivity index (χ3v) is 3.62. The number of hydrogen-bond donors (Lipinski definition) is 2. The molecular formula is C19H23NO3. The lowest BCUT2D eigenvalue weighted by Gasteiger charge is -2.23. The smallest absolute Gasteiger partial charge is 0.336 e. The van der Waals surface area contributed by atoms with E-state index < -0.39 is 18.1 Å². The molecule has 2 unspecified atom stereocenters. The highest BCUT2D eigenvalue weighted by molar-refractivity contribution is 5.75. The van der Waals surface area contributed by atoms with E-state index in [1.165, 1.54) is 0 Å². The van der Waals surface area contributed by atoms with Gasteiger partial charge in [-0.15, -0.1) is 0 Å². The Labute approximate surface area is 137 Å². The number of carbonyl (C=O) groups excluding carboxylic acids is 1. The van der Waals surface area contributed by atoms with Crippen LogP contribution in [0.15, 0.2) is 60.7 Å². The average Bonchev–Trinajstić information content (AvgIpc) is 2.60. The molecule has 0 aliphatic carbocycles. The summed E-state index contributed by atoms with van der Waals surface area (Å²) < 4.78 is 4.95. The normalized spacial score (nSPS) is 13.3. The number of aliphatic hydroxyl groups excluding tert-OH is 1. The summed E-state index contributed by atoms with van der Waals surface area (Å²) in [6.45, 7) is 2.57. The molecule has 2 aromatic carbocycles. The van der Waals surface area contributed by atoms with Crippen LogP contribution in [0.1, 0.15) is 18.1 Å². The number of carbonyl (C=O) groups is 1. The van der Waals surface area contributed by atoms with Crippen LogP contribution in [0.2, 0.25) is 0 Å². The molecule has 23 heavy (non-hydrogen) atoms. The number of nitrogens with one attached hydrogen (secondary N) is 1. The predicted octanol–water partition coefficient (Wildman–Crippen LogP) is 2.31. The molecule has 0 saturated carbocycles. The fourth-order valence-electron chi connectivity index (χ4n) is 2.40. The maximum atomic E-state index is 11.9. The molecule has 0 bridgehead atoms. The van der Waals surface area contributed by atoms with Crippen LogP contribution >= 0.6 is 0 Å². The van der Waals surface area contributed by atoms with Crippen molar-refractivity contribution in [2.75, 3.05) is 6.61 Å². The van der Waals surface area contributed by atoms with Crippen molar-refractivity contribution in [2.24, 2.45) is 0 Å². The quantitative estimate of drug-likeness (QED) is 0.734. The molecule has 0 aromatic heterocycles. The summed E-state index contributed by atoms with van der Waals surface area (Å²) in [7, 11) is 0. The third-order valence-electron chi connectivity index (χ3n) is 3.62. The van der Waals surface area contributed by atoms with Crippen LogP contribution < -0.4 is 5.32 Å². The van der Waals surface area contributed by atoms with Gasteiger partial charge in [0.15, 0.2) is 6.10 Å². The van der Waals surface area contributed by atoms with Crippen molar-refractivity contribution in [1.29, 1.82) is 0 Å². The zero-order valence-electron chi connectivity index (χ0n) is 13.3. The van der Waals surface area contributed by atoms with E-state index >= 15 is 0 Å². The minimum Gasteiger partial charge on any atom is -0.464 e. The number of benzene rings is 2. The van der Waals surface area contributed by atoms with Crippen molar-refractivity contribution in [2.45, 2.75) is 32.0 Å². The van der Waals surface area contributed by atoms with Gasteiger partial charge in [0, 0.05) is 12.6 Å². The van der Waals surface area contributed by atoms with Crippen LogP contribution in [0.5, 0.6) is 0 Å². The first kappa shape index (κ1) is 17.2. The Morgan fingerprint density at radius 1 is 1.04 bits per heavy atom. The van der Waals surface area contributed by atoms with E-state index in [-0.39, 0.29) is 6.61 Å². The first-order chi connectivity index (χ1) is 11.2. The third kappa shape index (κ3) is 5.51. The average molecular weight is 313 g/mol. The summed E-state index contributed by atoms with van der Waals surface area (Å²) in [4.78, 5) is 11.9. The topological polar surface area (TPSA) is 58.6 Å². The summed E-state index contributed by atoms with van der Waals surface area (Å²) in [5.41, 5.74) is 2.16. The number of rotatable bonds is 8. The first-order valence-corrected chi connectivity index (χ1v) is 7.86. The Bertz CT molecular complexity index is 586. The van der Waals surface area contributed by atoms with E-state index in [2.05, 4.69) is 5.32 Å². The van der Waals surface area contributed by atoms with Gasteiger partial charge in [-0.1, -0.05) is 60.7 Å². The fourth-order valence-corrected chi connectivity index (χ4v) is 2.40. The largest absolute Gasteiger partial charge is 0.464 e. The lowest BCUT2D eigenvalue weighted by Crippen LogP contribution is -2.46. The van der Waals surface area contributed by atoms with E-state index in [9.17, 15) is 9.90 Å². The monoisotopic (exact) mass is 313 g/mol. The molecule has 2 aromatic rings. The van der Waals surface area contributed by atoms with E-state index in [4.69, 9.17) is 4.74 Å². The van der Waals surface area contributed by atoms with E-state index in [0.29, 0.717) is 13.0 Å². The Morgan fingerprint density at radius 2 is 1.61 bits per heavy atom. The van der Waals surface area contributed by atoms with Gasteiger partial charge in [0.1, 0.15) is 0 Å². The Balaban J connectivity index is 2.05. The van der Waals surface area contributed by atoms with Crippen molar-refractivity contribution in [1.82, 2.24) is 5.32 Å². The Kier molecular flexibility index (Phi) is 6.78. The van der Waals surface area contributed by atoms with E-state index in [0.717, 1.165) is 11.1 Å². The van der Waals surface area contributed by atoms with Crippen molar-refractivity contribution in [3.8, 4) is 0 Å². The zero-order valence-corrected chi connectivity index (χ0v) is 13.3. The van der Waals surface area contributed by atoms with Gasteiger partial charge >= 0.3 is 5.97 Å². The van der Waals surface area contributed by atoms with Crippen LogP contribution in [0.3, 0.4) is 0 Å². The fraction of sp³-hybridized carbons (Fsp3) is 0.316.